The SMILES string of the molecule is CCc1ccc(NC(=O)C(C)Oc2ccc(C(=O)Nc3ccccc3C)cc2)cc1. The number of rotatable bonds is 7. The lowest BCUT2D eigenvalue weighted by Gasteiger charge is -2.15. The number of hydrogen-bond acceptors (Lipinski definition) is 3. The zero-order valence-corrected chi connectivity index (χ0v) is 17.4. The number of amides is 2. The van der Waals surface area contributed by atoms with Gasteiger partial charge in [0.15, 0.2) is 6.10 Å². The number of anilines is 2. The molecule has 0 bridgehead atoms. The fourth-order valence-electron chi connectivity index (χ4n) is 2.92. The highest BCUT2D eigenvalue weighted by Crippen LogP contribution is 2.18. The summed E-state index contributed by atoms with van der Waals surface area (Å²) >= 11 is 0. The molecular formula is C25H26N2O3. The first-order valence-electron chi connectivity index (χ1n) is 9.99. The van der Waals surface area contributed by atoms with E-state index in [9.17, 15) is 9.59 Å². The van der Waals surface area contributed by atoms with E-state index in [1.54, 1.807) is 31.2 Å². The van der Waals surface area contributed by atoms with Crippen LogP contribution in [0.4, 0.5) is 11.4 Å². The molecular weight excluding hydrogens is 376 g/mol. The summed E-state index contributed by atoms with van der Waals surface area (Å²) in [6.07, 6.45) is 0.273. The smallest absolute Gasteiger partial charge is 0.265 e. The van der Waals surface area contributed by atoms with Crippen LogP contribution in [0.5, 0.6) is 5.75 Å². The minimum atomic E-state index is -0.678. The molecule has 0 aromatic heterocycles. The van der Waals surface area contributed by atoms with Gasteiger partial charge < -0.3 is 15.4 Å². The molecule has 0 fully saturated rings. The summed E-state index contributed by atoms with van der Waals surface area (Å²) < 4.78 is 5.72. The first kappa shape index (κ1) is 21.1. The Balaban J connectivity index is 1.56. The third-order valence-electron chi connectivity index (χ3n) is 4.82. The number of benzene rings is 3. The molecule has 5 nitrogen and oxygen atoms in total. The van der Waals surface area contributed by atoms with Gasteiger partial charge in [-0.15, -0.1) is 0 Å². The van der Waals surface area contributed by atoms with Crippen molar-refractivity contribution in [2.75, 3.05) is 10.6 Å². The summed E-state index contributed by atoms with van der Waals surface area (Å²) in [5, 5.41) is 5.74. The van der Waals surface area contributed by atoms with Crippen LogP contribution in [0.1, 0.15) is 35.3 Å². The van der Waals surface area contributed by atoms with Crippen LogP contribution in [-0.2, 0) is 11.2 Å². The second-order valence-electron chi connectivity index (χ2n) is 7.09. The molecule has 0 aliphatic heterocycles. The lowest BCUT2D eigenvalue weighted by molar-refractivity contribution is -0.122. The molecule has 1 unspecified atom stereocenters. The lowest BCUT2D eigenvalue weighted by Crippen LogP contribution is -2.30. The molecule has 3 rings (SSSR count). The summed E-state index contributed by atoms with van der Waals surface area (Å²) in [5.74, 6) is 0.0872. The van der Waals surface area contributed by atoms with Crippen LogP contribution in [0.2, 0.25) is 0 Å². The van der Waals surface area contributed by atoms with E-state index in [0.29, 0.717) is 11.3 Å². The van der Waals surface area contributed by atoms with Crippen molar-refractivity contribution in [2.45, 2.75) is 33.3 Å². The van der Waals surface area contributed by atoms with E-state index < -0.39 is 6.10 Å². The highest BCUT2D eigenvalue weighted by Gasteiger charge is 2.15. The zero-order chi connectivity index (χ0) is 21.5. The van der Waals surface area contributed by atoms with Gasteiger partial charge in [0.25, 0.3) is 11.8 Å². The van der Waals surface area contributed by atoms with E-state index >= 15 is 0 Å². The van der Waals surface area contributed by atoms with Crippen LogP contribution in [0, 0.1) is 6.92 Å². The topological polar surface area (TPSA) is 67.4 Å². The predicted molar refractivity (Wildman–Crippen MR) is 120 cm³/mol. The van der Waals surface area contributed by atoms with Crippen LogP contribution in [0.3, 0.4) is 0 Å². The zero-order valence-electron chi connectivity index (χ0n) is 17.4. The van der Waals surface area contributed by atoms with Gasteiger partial charge in [-0.1, -0.05) is 37.3 Å². The number of aryl methyl sites for hydroxylation is 2. The molecule has 30 heavy (non-hydrogen) atoms. The van der Waals surface area contributed by atoms with Gasteiger partial charge in [-0.3, -0.25) is 9.59 Å². The van der Waals surface area contributed by atoms with E-state index in [4.69, 9.17) is 4.74 Å². The first-order chi connectivity index (χ1) is 14.5. The van der Waals surface area contributed by atoms with Crippen molar-refractivity contribution in [1.29, 1.82) is 0 Å². The Morgan fingerprint density at radius 2 is 1.57 bits per heavy atom. The van der Waals surface area contributed by atoms with Crippen LogP contribution >= 0.6 is 0 Å². The maximum Gasteiger partial charge on any atom is 0.265 e. The number of para-hydroxylation sites is 1. The van der Waals surface area contributed by atoms with E-state index in [-0.39, 0.29) is 11.8 Å². The second kappa shape index (κ2) is 9.74. The van der Waals surface area contributed by atoms with Crippen molar-refractivity contribution >= 4 is 23.2 Å². The summed E-state index contributed by atoms with van der Waals surface area (Å²) in [4.78, 5) is 24.8. The van der Waals surface area contributed by atoms with Crippen molar-refractivity contribution in [3.05, 3.63) is 89.5 Å². The lowest BCUT2D eigenvalue weighted by atomic mass is 10.1. The molecule has 1 atom stereocenters. The van der Waals surface area contributed by atoms with Crippen LogP contribution < -0.4 is 15.4 Å². The molecule has 0 spiro atoms. The Hall–Kier alpha value is -3.60. The first-order valence-corrected chi connectivity index (χ1v) is 9.99. The molecule has 154 valence electrons. The summed E-state index contributed by atoms with van der Waals surface area (Å²) in [7, 11) is 0. The minimum Gasteiger partial charge on any atom is -0.481 e. The molecule has 3 aromatic carbocycles. The Bertz CT molecular complexity index is 1010. The summed E-state index contributed by atoms with van der Waals surface area (Å²) in [6, 6.07) is 22.1. The van der Waals surface area contributed by atoms with Gasteiger partial charge >= 0.3 is 0 Å². The molecule has 2 amide bonds. The van der Waals surface area contributed by atoms with Crippen molar-refractivity contribution in [2.24, 2.45) is 0 Å². The Labute approximate surface area is 177 Å². The van der Waals surface area contributed by atoms with E-state index in [0.717, 1.165) is 23.4 Å². The van der Waals surface area contributed by atoms with Crippen molar-refractivity contribution in [3.63, 3.8) is 0 Å². The monoisotopic (exact) mass is 402 g/mol. The van der Waals surface area contributed by atoms with Gasteiger partial charge in [-0.2, -0.15) is 0 Å². The second-order valence-corrected chi connectivity index (χ2v) is 7.09. The largest absolute Gasteiger partial charge is 0.481 e. The Morgan fingerprint density at radius 3 is 2.20 bits per heavy atom. The molecule has 0 aliphatic rings. The number of nitrogens with one attached hydrogen (secondary N) is 2. The van der Waals surface area contributed by atoms with Gasteiger partial charge in [0.1, 0.15) is 5.75 Å². The van der Waals surface area contributed by atoms with Crippen LogP contribution in [0.25, 0.3) is 0 Å². The van der Waals surface area contributed by atoms with E-state index in [1.807, 2.05) is 55.5 Å². The molecule has 0 heterocycles. The third kappa shape index (κ3) is 5.47. The minimum absolute atomic E-state index is 0.197. The highest BCUT2D eigenvalue weighted by atomic mass is 16.5. The van der Waals surface area contributed by atoms with Gasteiger partial charge in [0, 0.05) is 16.9 Å². The molecule has 5 heteroatoms. The molecule has 0 saturated heterocycles. The number of ether oxygens (including phenoxy) is 1. The maximum absolute atomic E-state index is 12.4. The van der Waals surface area contributed by atoms with Crippen molar-refractivity contribution in [3.8, 4) is 5.75 Å². The predicted octanol–water partition coefficient (Wildman–Crippen LogP) is 5.22. The standard InChI is InChI=1S/C25H26N2O3/c1-4-19-9-13-21(14-10-19)26-24(28)18(3)30-22-15-11-20(12-16-22)25(29)27-23-8-6-5-7-17(23)2/h5-16,18H,4H2,1-3H3,(H,26,28)(H,27,29). The molecule has 3 aromatic rings. The van der Waals surface area contributed by atoms with E-state index in [1.165, 1.54) is 5.56 Å². The van der Waals surface area contributed by atoms with Crippen LogP contribution in [-0.4, -0.2) is 17.9 Å². The number of carbonyl (C=O) groups excluding carboxylic acids is 2. The summed E-state index contributed by atoms with van der Waals surface area (Å²) in [6.45, 7) is 5.72. The summed E-state index contributed by atoms with van der Waals surface area (Å²) in [5.41, 5.74) is 4.23. The molecule has 2 N–H and O–H groups in total. The average Bonchev–Trinajstić information content (AvgIpc) is 2.76. The van der Waals surface area contributed by atoms with E-state index in [2.05, 4.69) is 17.6 Å². The van der Waals surface area contributed by atoms with Gasteiger partial charge in [0.05, 0.1) is 0 Å². The maximum atomic E-state index is 12.4. The Kier molecular flexibility index (Phi) is 6.86. The van der Waals surface area contributed by atoms with Gasteiger partial charge in [0.2, 0.25) is 0 Å². The van der Waals surface area contributed by atoms with Crippen molar-refractivity contribution < 1.29 is 14.3 Å². The Morgan fingerprint density at radius 1 is 0.900 bits per heavy atom. The molecule has 0 saturated carbocycles. The van der Waals surface area contributed by atoms with Crippen molar-refractivity contribution in [1.82, 2.24) is 0 Å². The van der Waals surface area contributed by atoms with Crippen LogP contribution in [0.15, 0.2) is 72.8 Å². The molecule has 0 radical (unpaired) electrons. The highest BCUT2D eigenvalue weighted by molar-refractivity contribution is 6.04. The number of hydrogen-bond donors (Lipinski definition) is 2. The quantitative estimate of drug-likeness (QED) is 0.570. The third-order valence-corrected chi connectivity index (χ3v) is 4.82. The fourth-order valence-corrected chi connectivity index (χ4v) is 2.92. The fraction of sp³-hybridized carbons (Fsp3) is 0.200. The normalized spacial score (nSPS) is 11.4. The van der Waals surface area contributed by atoms with Gasteiger partial charge in [-0.05, 0) is 73.9 Å². The molecule has 0 aliphatic carbocycles. The average molecular weight is 402 g/mol. The number of carbonyl (C=O) groups is 2. The van der Waals surface area contributed by atoms with Gasteiger partial charge in [-0.25, -0.2) is 0 Å².